The largest absolute Gasteiger partial charge is 0.542 e. The van der Waals surface area contributed by atoms with Crippen LogP contribution in [0.5, 0.6) is 0 Å². The minimum atomic E-state index is -5.19. The molecular formula is C35H34F3N3O5. The molecule has 4 aromatic rings. The van der Waals surface area contributed by atoms with Crippen LogP contribution < -0.4 is 21.5 Å². The number of carboxylic acids is 1. The average Bonchev–Trinajstić information content (AvgIpc) is 3.37. The number of hydrogen-bond acceptors (Lipinski definition) is 5. The van der Waals surface area contributed by atoms with Gasteiger partial charge in [0.15, 0.2) is 6.04 Å². The number of halogens is 3. The van der Waals surface area contributed by atoms with E-state index in [0.29, 0.717) is 12.8 Å². The summed E-state index contributed by atoms with van der Waals surface area (Å²) in [6.07, 6.45) is -4.57. The third kappa shape index (κ3) is 9.42. The van der Waals surface area contributed by atoms with Gasteiger partial charge < -0.3 is 31.0 Å². The summed E-state index contributed by atoms with van der Waals surface area (Å²) in [5.74, 6) is -3.16. The van der Waals surface area contributed by atoms with Crippen molar-refractivity contribution in [3.05, 3.63) is 131 Å². The molecule has 0 spiro atoms. The number of aliphatic carboxylic acids is 1. The lowest BCUT2D eigenvalue weighted by Gasteiger charge is -2.21. The van der Waals surface area contributed by atoms with Crippen LogP contribution in [0.25, 0.3) is 11.1 Å². The van der Waals surface area contributed by atoms with E-state index in [1.807, 2.05) is 84.9 Å². The highest BCUT2D eigenvalue weighted by atomic mass is 19.4. The van der Waals surface area contributed by atoms with E-state index in [2.05, 4.69) is 40.6 Å². The molecule has 0 aromatic heterocycles. The van der Waals surface area contributed by atoms with Gasteiger partial charge in [0.05, 0.1) is 6.04 Å². The highest BCUT2D eigenvalue weighted by molar-refractivity contribution is 5.81. The Labute approximate surface area is 264 Å². The quantitative estimate of drug-likeness (QED) is 0.246. The molecule has 2 amide bonds. The molecule has 5 rings (SSSR count). The molecule has 0 bridgehead atoms. The topological polar surface area (TPSA) is 135 Å². The van der Waals surface area contributed by atoms with Gasteiger partial charge in [-0.15, -0.1) is 0 Å². The van der Waals surface area contributed by atoms with Crippen LogP contribution in [0.2, 0.25) is 0 Å². The molecule has 0 fully saturated rings. The first-order chi connectivity index (χ1) is 22.0. The van der Waals surface area contributed by atoms with E-state index in [1.54, 1.807) is 0 Å². The van der Waals surface area contributed by atoms with Gasteiger partial charge in [0.25, 0.3) is 5.91 Å². The summed E-state index contributed by atoms with van der Waals surface area (Å²) >= 11 is 0. The lowest BCUT2D eigenvalue weighted by atomic mass is 9.98. The molecule has 240 valence electrons. The molecule has 46 heavy (non-hydrogen) atoms. The SMILES string of the molecule is O=C([O-])C(F)(F)F.[NH3+][C@@H](Cc1ccccc1)C(=O)N[C@@H](CNC(=O)OCC1c2ccccc2-c2ccccc21)Cc1ccccc1. The van der Waals surface area contributed by atoms with Crippen molar-refractivity contribution >= 4 is 18.0 Å². The smallest absolute Gasteiger partial charge is 0.430 e. The first-order valence-corrected chi connectivity index (χ1v) is 14.6. The fourth-order valence-electron chi connectivity index (χ4n) is 5.24. The summed E-state index contributed by atoms with van der Waals surface area (Å²) in [5, 5.41) is 14.7. The highest BCUT2D eigenvalue weighted by Crippen LogP contribution is 2.44. The lowest BCUT2D eigenvalue weighted by Crippen LogP contribution is -2.69. The van der Waals surface area contributed by atoms with Crippen molar-refractivity contribution in [2.24, 2.45) is 0 Å². The van der Waals surface area contributed by atoms with Crippen molar-refractivity contribution in [3.8, 4) is 11.1 Å². The zero-order valence-electron chi connectivity index (χ0n) is 24.8. The van der Waals surface area contributed by atoms with Gasteiger partial charge in [-0.1, -0.05) is 109 Å². The number of rotatable bonds is 10. The predicted octanol–water partition coefficient (Wildman–Crippen LogP) is 3.40. The lowest BCUT2D eigenvalue weighted by molar-refractivity contribution is -0.403. The minimum absolute atomic E-state index is 0.00659. The van der Waals surface area contributed by atoms with Crippen LogP contribution in [0.15, 0.2) is 109 Å². The molecule has 0 saturated heterocycles. The molecule has 4 aromatic carbocycles. The molecule has 0 saturated carbocycles. The van der Waals surface area contributed by atoms with Crippen molar-refractivity contribution in [2.45, 2.75) is 37.0 Å². The minimum Gasteiger partial charge on any atom is -0.542 e. The second-order valence-corrected chi connectivity index (χ2v) is 10.8. The number of amides is 2. The number of alkyl carbamates (subject to hydrolysis) is 1. The van der Waals surface area contributed by atoms with Crippen molar-refractivity contribution in [3.63, 3.8) is 0 Å². The molecule has 2 atom stereocenters. The Bertz CT molecular complexity index is 1570. The summed E-state index contributed by atoms with van der Waals surface area (Å²) < 4.78 is 37.2. The summed E-state index contributed by atoms with van der Waals surface area (Å²) in [4.78, 5) is 34.6. The first kappa shape index (κ1) is 33.7. The van der Waals surface area contributed by atoms with Crippen LogP contribution in [0.1, 0.15) is 28.2 Å². The van der Waals surface area contributed by atoms with Crippen LogP contribution in [0, 0.1) is 0 Å². The second kappa shape index (κ2) is 15.7. The van der Waals surface area contributed by atoms with Crippen LogP contribution in [0.4, 0.5) is 18.0 Å². The van der Waals surface area contributed by atoms with Gasteiger partial charge >= 0.3 is 12.3 Å². The molecule has 11 heteroatoms. The summed E-state index contributed by atoms with van der Waals surface area (Å²) in [6.45, 7) is 0.489. The molecule has 1 aliphatic carbocycles. The van der Waals surface area contributed by atoms with Gasteiger partial charge in [-0.05, 0) is 39.8 Å². The summed E-state index contributed by atoms with van der Waals surface area (Å²) in [6, 6.07) is 35.5. The van der Waals surface area contributed by atoms with Crippen LogP contribution in [0.3, 0.4) is 0 Å². The van der Waals surface area contributed by atoms with Crippen LogP contribution in [-0.4, -0.2) is 49.4 Å². The van der Waals surface area contributed by atoms with Crippen LogP contribution in [-0.2, 0) is 27.2 Å². The molecular weight excluding hydrogens is 599 g/mol. The Kier molecular flexibility index (Phi) is 11.5. The first-order valence-electron chi connectivity index (χ1n) is 14.6. The Morgan fingerprint density at radius 3 is 1.72 bits per heavy atom. The fourth-order valence-corrected chi connectivity index (χ4v) is 5.24. The maximum absolute atomic E-state index is 13.0. The molecule has 8 nitrogen and oxygen atoms in total. The average molecular weight is 634 g/mol. The molecule has 0 radical (unpaired) electrons. The summed E-state index contributed by atoms with van der Waals surface area (Å²) in [5.41, 5.74) is 10.9. The Balaban J connectivity index is 0.000000617. The van der Waals surface area contributed by atoms with E-state index in [9.17, 15) is 22.8 Å². The van der Waals surface area contributed by atoms with Crippen molar-refractivity contribution in [2.75, 3.05) is 13.2 Å². The van der Waals surface area contributed by atoms with Crippen molar-refractivity contribution < 1.29 is 43.1 Å². The number of carbonyl (C=O) groups is 3. The van der Waals surface area contributed by atoms with E-state index >= 15 is 0 Å². The molecule has 1 aliphatic rings. The van der Waals surface area contributed by atoms with Gasteiger partial charge in [0.2, 0.25) is 0 Å². The molecule has 0 aliphatic heterocycles. The fraction of sp³-hybridized carbons (Fsp3) is 0.229. The number of ether oxygens (including phenoxy) is 1. The number of carboxylic acid groups (broad SMARTS) is 1. The predicted molar refractivity (Wildman–Crippen MR) is 163 cm³/mol. The van der Waals surface area contributed by atoms with E-state index in [1.165, 1.54) is 22.3 Å². The number of carbonyl (C=O) groups excluding carboxylic acids is 3. The monoisotopic (exact) mass is 633 g/mol. The maximum Gasteiger partial charge on any atom is 0.430 e. The van der Waals surface area contributed by atoms with Gasteiger partial charge in [0, 0.05) is 18.9 Å². The van der Waals surface area contributed by atoms with E-state index in [4.69, 9.17) is 14.6 Å². The highest BCUT2D eigenvalue weighted by Gasteiger charge is 2.30. The second-order valence-electron chi connectivity index (χ2n) is 10.8. The third-order valence-corrected chi connectivity index (χ3v) is 7.43. The molecule has 0 heterocycles. The van der Waals surface area contributed by atoms with E-state index in [0.717, 1.165) is 11.1 Å². The number of alkyl halides is 3. The van der Waals surface area contributed by atoms with Gasteiger partial charge in [-0.3, -0.25) is 4.79 Å². The van der Waals surface area contributed by atoms with Crippen molar-refractivity contribution in [1.82, 2.24) is 10.6 Å². The van der Waals surface area contributed by atoms with Gasteiger partial charge in [-0.2, -0.15) is 13.2 Å². The van der Waals surface area contributed by atoms with E-state index in [-0.39, 0.29) is 31.0 Å². The normalized spacial score (nSPS) is 13.2. The third-order valence-electron chi connectivity index (χ3n) is 7.43. The number of hydrogen-bond donors (Lipinski definition) is 3. The standard InChI is InChI=1S/C33H33N3O3.C2HF3O2/c34-31(20-24-13-5-2-6-14-24)32(37)36-25(19-23-11-3-1-4-12-23)21-35-33(38)39-22-30-28-17-9-7-15-26(28)27-16-8-10-18-29(27)30;3-2(4,5)1(6)7/h1-18,25,30-31H,19-22,34H2,(H,35,38)(H,36,37);(H,6,7)/t25-,31+;/m1./s1. The number of benzene rings is 4. The molecule has 0 unspecified atom stereocenters. The zero-order valence-corrected chi connectivity index (χ0v) is 24.8. The number of fused-ring (bicyclic) bond motifs is 3. The van der Waals surface area contributed by atoms with Gasteiger partial charge in [0.1, 0.15) is 12.6 Å². The zero-order chi connectivity index (χ0) is 33.1. The Hall–Kier alpha value is -5.16. The maximum atomic E-state index is 13.0. The van der Waals surface area contributed by atoms with Crippen molar-refractivity contribution in [1.29, 1.82) is 0 Å². The Morgan fingerprint density at radius 2 is 1.22 bits per heavy atom. The number of quaternary nitrogens is 1. The Morgan fingerprint density at radius 1 is 0.761 bits per heavy atom. The van der Waals surface area contributed by atoms with Gasteiger partial charge in [-0.25, -0.2) is 4.79 Å². The molecule has 5 N–H and O–H groups in total. The van der Waals surface area contributed by atoms with E-state index < -0.39 is 24.3 Å². The van der Waals surface area contributed by atoms with Crippen LogP contribution >= 0.6 is 0 Å². The number of nitrogens with one attached hydrogen (secondary N) is 2. The summed E-state index contributed by atoms with van der Waals surface area (Å²) in [7, 11) is 0.